The summed E-state index contributed by atoms with van der Waals surface area (Å²) in [6.07, 6.45) is -3.25. The van der Waals surface area contributed by atoms with Crippen LogP contribution in [0, 0.1) is 11.3 Å². The van der Waals surface area contributed by atoms with Crippen molar-refractivity contribution in [2.45, 2.75) is 38.5 Å². The van der Waals surface area contributed by atoms with E-state index in [4.69, 9.17) is 10.00 Å². The fourth-order valence-corrected chi connectivity index (χ4v) is 2.56. The number of nitriles is 1. The van der Waals surface area contributed by atoms with Crippen molar-refractivity contribution in [1.82, 2.24) is 0 Å². The highest BCUT2D eigenvalue weighted by atomic mass is 19.4. The lowest BCUT2D eigenvalue weighted by Gasteiger charge is -2.28. The van der Waals surface area contributed by atoms with Gasteiger partial charge in [-0.1, -0.05) is 13.8 Å². The van der Waals surface area contributed by atoms with Crippen LogP contribution in [0.5, 0.6) is 5.75 Å². The zero-order valence-electron chi connectivity index (χ0n) is 11.2. The van der Waals surface area contributed by atoms with Gasteiger partial charge in [-0.2, -0.15) is 18.4 Å². The standard InChI is InChI=1S/C15H14F3NO/c1-3-14(4-2)12(8-15(16,17)18)11-7-10(9-19)5-6-13(11)20-14/h5-8H,3-4H2,1-2H3. The molecular weight excluding hydrogens is 267 g/mol. The van der Waals surface area contributed by atoms with Crippen molar-refractivity contribution < 1.29 is 17.9 Å². The van der Waals surface area contributed by atoms with Gasteiger partial charge >= 0.3 is 6.18 Å². The molecule has 0 saturated carbocycles. The molecule has 0 saturated heterocycles. The van der Waals surface area contributed by atoms with Crippen LogP contribution in [0.15, 0.2) is 24.3 Å². The van der Waals surface area contributed by atoms with E-state index in [-0.39, 0.29) is 5.57 Å². The van der Waals surface area contributed by atoms with E-state index < -0.39 is 11.8 Å². The Kier molecular flexibility index (Phi) is 3.51. The average Bonchev–Trinajstić information content (AvgIpc) is 2.71. The third-order valence-electron chi connectivity index (χ3n) is 3.65. The molecule has 5 heteroatoms. The Labute approximate surface area is 115 Å². The molecule has 106 valence electrons. The molecule has 1 aliphatic rings. The summed E-state index contributed by atoms with van der Waals surface area (Å²) < 4.78 is 44.2. The van der Waals surface area contributed by atoms with E-state index in [0.717, 1.165) is 0 Å². The summed E-state index contributed by atoms with van der Waals surface area (Å²) in [6.45, 7) is 3.59. The Morgan fingerprint density at radius 2 is 1.95 bits per heavy atom. The van der Waals surface area contributed by atoms with E-state index in [1.54, 1.807) is 26.0 Å². The summed E-state index contributed by atoms with van der Waals surface area (Å²) in [6, 6.07) is 6.51. The molecular formula is C15H14F3NO. The van der Waals surface area contributed by atoms with Gasteiger partial charge in [0.2, 0.25) is 0 Å². The molecule has 0 spiro atoms. The summed E-state index contributed by atoms with van der Waals surface area (Å²) in [5.74, 6) is 0.406. The summed E-state index contributed by atoms with van der Waals surface area (Å²) in [5.41, 5.74) is -0.165. The maximum absolute atomic E-state index is 12.8. The Morgan fingerprint density at radius 3 is 2.45 bits per heavy atom. The van der Waals surface area contributed by atoms with Gasteiger partial charge in [0.05, 0.1) is 11.6 Å². The van der Waals surface area contributed by atoms with Crippen LogP contribution in [0.3, 0.4) is 0 Å². The fourth-order valence-electron chi connectivity index (χ4n) is 2.56. The van der Waals surface area contributed by atoms with E-state index in [0.29, 0.717) is 35.8 Å². The molecule has 1 heterocycles. The fraction of sp³-hybridized carbons (Fsp3) is 0.400. The topological polar surface area (TPSA) is 33.0 Å². The molecule has 1 aliphatic heterocycles. The van der Waals surface area contributed by atoms with Gasteiger partial charge in [-0.15, -0.1) is 0 Å². The Morgan fingerprint density at radius 1 is 1.30 bits per heavy atom. The Balaban J connectivity index is 2.65. The second-order valence-electron chi connectivity index (χ2n) is 4.73. The zero-order chi connectivity index (χ0) is 15.0. The summed E-state index contributed by atoms with van der Waals surface area (Å²) in [7, 11) is 0. The van der Waals surface area contributed by atoms with Gasteiger partial charge in [0.1, 0.15) is 11.4 Å². The summed E-state index contributed by atoms with van der Waals surface area (Å²) in [5, 5.41) is 8.90. The van der Waals surface area contributed by atoms with Crippen molar-refractivity contribution in [2.24, 2.45) is 0 Å². The van der Waals surface area contributed by atoms with Crippen molar-refractivity contribution in [3.05, 3.63) is 35.4 Å². The van der Waals surface area contributed by atoms with Crippen molar-refractivity contribution in [1.29, 1.82) is 5.26 Å². The minimum atomic E-state index is -4.42. The van der Waals surface area contributed by atoms with Gasteiger partial charge in [-0.05, 0) is 31.0 Å². The molecule has 0 N–H and O–H groups in total. The van der Waals surface area contributed by atoms with Gasteiger partial charge in [-0.3, -0.25) is 0 Å². The van der Waals surface area contributed by atoms with Crippen LogP contribution in [-0.4, -0.2) is 11.8 Å². The third kappa shape index (κ3) is 2.38. The predicted molar refractivity (Wildman–Crippen MR) is 69.1 cm³/mol. The van der Waals surface area contributed by atoms with Crippen molar-refractivity contribution in [2.75, 3.05) is 0 Å². The number of alkyl halides is 3. The van der Waals surface area contributed by atoms with E-state index in [1.807, 2.05) is 6.07 Å². The Bertz CT molecular complexity index is 592. The minimum Gasteiger partial charge on any atom is -0.482 e. The molecule has 0 radical (unpaired) electrons. The molecule has 0 atom stereocenters. The van der Waals surface area contributed by atoms with E-state index in [9.17, 15) is 13.2 Å². The van der Waals surface area contributed by atoms with Crippen LogP contribution in [0.4, 0.5) is 13.2 Å². The van der Waals surface area contributed by atoms with Gasteiger partial charge in [0.15, 0.2) is 0 Å². The number of ether oxygens (including phenoxy) is 1. The number of benzene rings is 1. The maximum atomic E-state index is 12.8. The number of hydrogen-bond donors (Lipinski definition) is 0. The van der Waals surface area contributed by atoms with Crippen molar-refractivity contribution in [3.63, 3.8) is 0 Å². The quantitative estimate of drug-likeness (QED) is 0.802. The molecule has 2 rings (SSSR count). The van der Waals surface area contributed by atoms with Crippen LogP contribution in [-0.2, 0) is 0 Å². The molecule has 0 aromatic heterocycles. The number of rotatable bonds is 2. The monoisotopic (exact) mass is 281 g/mol. The highest BCUT2D eigenvalue weighted by Gasteiger charge is 2.44. The van der Waals surface area contributed by atoms with Crippen molar-refractivity contribution >= 4 is 5.57 Å². The van der Waals surface area contributed by atoms with Gasteiger partial charge < -0.3 is 4.74 Å². The highest BCUT2D eigenvalue weighted by Crippen LogP contribution is 2.49. The molecule has 1 aromatic carbocycles. The lowest BCUT2D eigenvalue weighted by atomic mass is 9.85. The van der Waals surface area contributed by atoms with Gasteiger partial charge in [-0.25, -0.2) is 0 Å². The second kappa shape index (κ2) is 4.86. The molecule has 0 unspecified atom stereocenters. The number of allylic oxidation sites excluding steroid dienone is 1. The molecule has 1 aromatic rings. The molecule has 0 fully saturated rings. The largest absolute Gasteiger partial charge is 0.482 e. The van der Waals surface area contributed by atoms with E-state index in [2.05, 4.69) is 0 Å². The highest BCUT2D eigenvalue weighted by molar-refractivity contribution is 5.81. The Hall–Kier alpha value is -1.96. The first-order chi connectivity index (χ1) is 9.35. The van der Waals surface area contributed by atoms with E-state index >= 15 is 0 Å². The van der Waals surface area contributed by atoms with Crippen molar-refractivity contribution in [3.8, 4) is 11.8 Å². The first-order valence-corrected chi connectivity index (χ1v) is 6.39. The average molecular weight is 281 g/mol. The second-order valence-corrected chi connectivity index (χ2v) is 4.73. The third-order valence-corrected chi connectivity index (χ3v) is 3.65. The van der Waals surface area contributed by atoms with Gasteiger partial charge in [0, 0.05) is 17.2 Å². The van der Waals surface area contributed by atoms with E-state index in [1.165, 1.54) is 6.07 Å². The summed E-state index contributed by atoms with van der Waals surface area (Å²) >= 11 is 0. The van der Waals surface area contributed by atoms with Crippen LogP contribution < -0.4 is 4.74 Å². The minimum absolute atomic E-state index is 0.113. The van der Waals surface area contributed by atoms with Gasteiger partial charge in [0.25, 0.3) is 0 Å². The molecule has 0 amide bonds. The predicted octanol–water partition coefficient (Wildman–Crippen LogP) is 4.46. The van der Waals surface area contributed by atoms with Crippen LogP contribution in [0.2, 0.25) is 0 Å². The number of halogens is 3. The number of nitrogens with zero attached hydrogens (tertiary/aromatic N) is 1. The summed E-state index contributed by atoms with van der Waals surface area (Å²) in [4.78, 5) is 0. The first-order valence-electron chi connectivity index (χ1n) is 6.39. The first kappa shape index (κ1) is 14.4. The lowest BCUT2D eigenvalue weighted by molar-refractivity contribution is -0.0801. The molecule has 2 nitrogen and oxygen atoms in total. The van der Waals surface area contributed by atoms with Crippen LogP contribution >= 0.6 is 0 Å². The normalized spacial score (nSPS) is 18.5. The number of hydrogen-bond acceptors (Lipinski definition) is 2. The molecule has 0 bridgehead atoms. The smallest absolute Gasteiger partial charge is 0.410 e. The van der Waals surface area contributed by atoms with Crippen LogP contribution in [0.1, 0.15) is 37.8 Å². The number of fused-ring (bicyclic) bond motifs is 1. The maximum Gasteiger partial charge on any atom is 0.410 e. The molecule has 0 aliphatic carbocycles. The zero-order valence-corrected chi connectivity index (χ0v) is 11.2. The lowest BCUT2D eigenvalue weighted by Crippen LogP contribution is -2.32. The molecule has 20 heavy (non-hydrogen) atoms. The SMILES string of the molecule is CCC1(CC)Oc2ccc(C#N)cc2C1=CC(F)(F)F. The van der Waals surface area contributed by atoms with Crippen LogP contribution in [0.25, 0.3) is 5.57 Å².